The van der Waals surface area contributed by atoms with E-state index in [0.29, 0.717) is 22.4 Å². The van der Waals surface area contributed by atoms with Crippen molar-refractivity contribution in [2.45, 2.75) is 20.4 Å². The van der Waals surface area contributed by atoms with Gasteiger partial charge in [-0.15, -0.1) is 0 Å². The van der Waals surface area contributed by atoms with E-state index in [1.54, 1.807) is 4.90 Å². The Hall–Kier alpha value is -3.31. The lowest BCUT2D eigenvalue weighted by Crippen LogP contribution is -2.28. The maximum Gasteiger partial charge on any atom is 0.267 e. The van der Waals surface area contributed by atoms with Crippen molar-refractivity contribution in [2.24, 2.45) is 4.99 Å². The van der Waals surface area contributed by atoms with E-state index in [0.717, 1.165) is 27.9 Å². The van der Waals surface area contributed by atoms with Gasteiger partial charge >= 0.3 is 0 Å². The molecule has 5 heteroatoms. The molecular weight excluding hydrogens is 392 g/mol. The highest BCUT2D eigenvalue weighted by Gasteiger charge is 2.33. The molecular formula is C25H22N2O2S. The molecule has 30 heavy (non-hydrogen) atoms. The number of phenols is 1. The van der Waals surface area contributed by atoms with Crippen LogP contribution in [0.2, 0.25) is 0 Å². The molecule has 0 aromatic heterocycles. The number of aryl methyl sites for hydroxylation is 2. The number of carbonyl (C=O) groups is 1. The number of amidine groups is 1. The summed E-state index contributed by atoms with van der Waals surface area (Å²) in [6.07, 6.45) is 1.87. The van der Waals surface area contributed by atoms with E-state index >= 15 is 0 Å². The summed E-state index contributed by atoms with van der Waals surface area (Å²) in [7, 11) is 0. The van der Waals surface area contributed by atoms with Crippen molar-refractivity contribution in [2.75, 3.05) is 0 Å². The topological polar surface area (TPSA) is 52.9 Å². The minimum Gasteiger partial charge on any atom is -0.507 e. The van der Waals surface area contributed by atoms with Gasteiger partial charge in [-0.2, -0.15) is 0 Å². The van der Waals surface area contributed by atoms with Gasteiger partial charge in [0.05, 0.1) is 17.1 Å². The third-order valence-electron chi connectivity index (χ3n) is 4.86. The van der Waals surface area contributed by atoms with Crippen molar-refractivity contribution in [1.82, 2.24) is 4.90 Å². The van der Waals surface area contributed by atoms with E-state index in [9.17, 15) is 9.90 Å². The molecule has 0 saturated carbocycles. The van der Waals surface area contributed by atoms with Crippen LogP contribution >= 0.6 is 11.8 Å². The summed E-state index contributed by atoms with van der Waals surface area (Å²) in [5.74, 6) is 0.224. The number of aliphatic imine (C=N–C) groups is 1. The fourth-order valence-electron chi connectivity index (χ4n) is 3.33. The lowest BCUT2D eigenvalue weighted by atomic mass is 10.1. The first-order valence-corrected chi connectivity index (χ1v) is 10.5. The maximum absolute atomic E-state index is 13.3. The average molecular weight is 415 g/mol. The van der Waals surface area contributed by atoms with Crippen LogP contribution in [0.5, 0.6) is 5.75 Å². The predicted molar refractivity (Wildman–Crippen MR) is 124 cm³/mol. The molecule has 3 aromatic rings. The van der Waals surface area contributed by atoms with Crippen LogP contribution < -0.4 is 0 Å². The number of para-hydroxylation sites is 1. The van der Waals surface area contributed by atoms with Gasteiger partial charge < -0.3 is 5.11 Å². The Balaban J connectivity index is 1.72. The SMILES string of the molecule is Cc1cc(/C=C2\SC(=Nc3ccccc3)N(Cc3ccccc3)C2=O)cc(C)c1O. The Morgan fingerprint density at radius 1 is 0.967 bits per heavy atom. The van der Waals surface area contributed by atoms with E-state index in [4.69, 9.17) is 4.99 Å². The minimum absolute atomic E-state index is 0.0677. The van der Waals surface area contributed by atoms with Crippen LogP contribution in [0, 0.1) is 13.8 Å². The number of aromatic hydroxyl groups is 1. The van der Waals surface area contributed by atoms with Crippen molar-refractivity contribution in [1.29, 1.82) is 0 Å². The first-order chi connectivity index (χ1) is 14.5. The number of nitrogens with zero attached hydrogens (tertiary/aromatic N) is 2. The third-order valence-corrected chi connectivity index (χ3v) is 5.87. The summed E-state index contributed by atoms with van der Waals surface area (Å²) in [6.45, 7) is 4.18. The summed E-state index contributed by atoms with van der Waals surface area (Å²) in [5, 5.41) is 10.7. The fraction of sp³-hybridized carbons (Fsp3) is 0.120. The van der Waals surface area contributed by atoms with Crippen molar-refractivity contribution in [3.8, 4) is 5.75 Å². The summed E-state index contributed by atoms with van der Waals surface area (Å²) in [5.41, 5.74) is 4.32. The second-order valence-corrected chi connectivity index (χ2v) is 8.23. The van der Waals surface area contributed by atoms with E-state index in [2.05, 4.69) is 0 Å². The van der Waals surface area contributed by atoms with Gasteiger partial charge in [-0.3, -0.25) is 9.69 Å². The molecule has 0 spiro atoms. The number of benzene rings is 3. The summed E-state index contributed by atoms with van der Waals surface area (Å²) in [6, 6.07) is 23.3. The van der Waals surface area contributed by atoms with E-state index in [1.165, 1.54) is 11.8 Å². The van der Waals surface area contributed by atoms with E-state index < -0.39 is 0 Å². The quantitative estimate of drug-likeness (QED) is 0.548. The lowest BCUT2D eigenvalue weighted by molar-refractivity contribution is -0.122. The molecule has 0 aliphatic carbocycles. The molecule has 1 saturated heterocycles. The van der Waals surface area contributed by atoms with E-state index in [1.807, 2.05) is 92.7 Å². The molecule has 150 valence electrons. The van der Waals surface area contributed by atoms with Gasteiger partial charge in [0.1, 0.15) is 5.75 Å². The number of thioether (sulfide) groups is 1. The Morgan fingerprint density at radius 2 is 1.57 bits per heavy atom. The summed E-state index contributed by atoms with van der Waals surface area (Å²) >= 11 is 1.38. The number of hydrogen-bond donors (Lipinski definition) is 1. The fourth-order valence-corrected chi connectivity index (χ4v) is 4.33. The van der Waals surface area contributed by atoms with E-state index in [-0.39, 0.29) is 5.91 Å². The smallest absolute Gasteiger partial charge is 0.267 e. The van der Waals surface area contributed by atoms with Gasteiger partial charge in [0.25, 0.3) is 5.91 Å². The summed E-state index contributed by atoms with van der Waals surface area (Å²) < 4.78 is 0. The van der Waals surface area contributed by atoms with Crippen LogP contribution in [0.15, 0.2) is 82.7 Å². The molecule has 1 aliphatic heterocycles. The number of phenolic OH excluding ortho intramolecular Hbond substituents is 1. The highest BCUT2D eigenvalue weighted by atomic mass is 32.2. The van der Waals surface area contributed by atoms with Crippen molar-refractivity contribution >= 4 is 34.6 Å². The molecule has 0 bridgehead atoms. The maximum atomic E-state index is 13.3. The van der Waals surface area contributed by atoms with Crippen molar-refractivity contribution < 1.29 is 9.90 Å². The first kappa shape index (κ1) is 20.0. The molecule has 0 radical (unpaired) electrons. The minimum atomic E-state index is -0.0677. The van der Waals surface area contributed by atoms with Crippen LogP contribution in [0.3, 0.4) is 0 Å². The molecule has 4 rings (SSSR count). The molecule has 4 nitrogen and oxygen atoms in total. The predicted octanol–water partition coefficient (Wildman–Crippen LogP) is 5.81. The Kier molecular flexibility index (Phi) is 5.72. The zero-order valence-electron chi connectivity index (χ0n) is 16.9. The first-order valence-electron chi connectivity index (χ1n) is 9.70. The average Bonchev–Trinajstić information content (AvgIpc) is 3.02. The zero-order chi connectivity index (χ0) is 21.1. The highest BCUT2D eigenvalue weighted by Crippen LogP contribution is 2.36. The summed E-state index contributed by atoms with van der Waals surface area (Å²) in [4.78, 5) is 20.3. The van der Waals surface area contributed by atoms with Crippen molar-refractivity contribution in [3.63, 3.8) is 0 Å². The molecule has 1 heterocycles. The Labute approximate surface area is 180 Å². The van der Waals surface area contributed by atoms with Crippen LogP contribution in [0.25, 0.3) is 6.08 Å². The van der Waals surface area contributed by atoms with Gasteiger partial charge in [0.15, 0.2) is 5.17 Å². The van der Waals surface area contributed by atoms with Gasteiger partial charge in [0.2, 0.25) is 0 Å². The zero-order valence-corrected chi connectivity index (χ0v) is 17.7. The van der Waals surface area contributed by atoms with Gasteiger partial charge in [0, 0.05) is 0 Å². The Bertz CT molecular complexity index is 1120. The molecule has 1 aliphatic rings. The second kappa shape index (κ2) is 8.59. The van der Waals surface area contributed by atoms with Crippen molar-refractivity contribution in [3.05, 3.63) is 100.0 Å². The number of hydrogen-bond acceptors (Lipinski definition) is 4. The lowest BCUT2D eigenvalue weighted by Gasteiger charge is -2.15. The molecule has 0 unspecified atom stereocenters. The molecule has 1 amide bonds. The van der Waals surface area contributed by atoms with Gasteiger partial charge in [-0.05, 0) is 78.2 Å². The molecule has 1 fully saturated rings. The highest BCUT2D eigenvalue weighted by molar-refractivity contribution is 8.18. The molecule has 0 atom stereocenters. The molecule has 3 aromatic carbocycles. The largest absolute Gasteiger partial charge is 0.507 e. The third kappa shape index (κ3) is 4.31. The van der Waals surface area contributed by atoms with Crippen LogP contribution in [0.1, 0.15) is 22.3 Å². The van der Waals surface area contributed by atoms with Crippen LogP contribution in [-0.4, -0.2) is 21.1 Å². The van der Waals surface area contributed by atoms with Gasteiger partial charge in [-0.1, -0.05) is 48.5 Å². The van der Waals surface area contributed by atoms with Crippen LogP contribution in [0.4, 0.5) is 5.69 Å². The second-order valence-electron chi connectivity index (χ2n) is 7.22. The normalized spacial score (nSPS) is 16.6. The standard InChI is InChI=1S/C25H22N2O2S/c1-17-13-20(14-18(2)23(17)28)15-22-24(29)27(16-19-9-5-3-6-10-19)25(30-22)26-21-11-7-4-8-12-21/h3-15,28H,16H2,1-2H3/b22-15-,26-25?. The van der Waals surface area contributed by atoms with Gasteiger partial charge in [-0.25, -0.2) is 4.99 Å². The molecule has 1 N–H and O–H groups in total. The van der Waals surface area contributed by atoms with Crippen LogP contribution in [-0.2, 0) is 11.3 Å². The number of carbonyl (C=O) groups excluding carboxylic acids is 1. The number of amides is 1. The Morgan fingerprint density at radius 3 is 2.20 bits per heavy atom. The number of rotatable bonds is 4. The monoisotopic (exact) mass is 414 g/mol.